The predicted octanol–water partition coefficient (Wildman–Crippen LogP) is -0.231. The topological polar surface area (TPSA) is 92.5 Å². The molecule has 1 aliphatic rings. The molecule has 1 heterocycles. The lowest BCUT2D eigenvalue weighted by Gasteiger charge is -2.27. The van der Waals surface area contributed by atoms with Gasteiger partial charge in [0.1, 0.15) is 0 Å². The smallest absolute Gasteiger partial charge is 0.237 e. The Kier molecular flexibility index (Phi) is 4.84. The van der Waals surface area contributed by atoms with Gasteiger partial charge >= 0.3 is 0 Å². The van der Waals surface area contributed by atoms with E-state index in [9.17, 15) is 14.4 Å². The van der Waals surface area contributed by atoms with Crippen molar-refractivity contribution < 1.29 is 14.4 Å². The zero-order valence-electron chi connectivity index (χ0n) is 11.0. The summed E-state index contributed by atoms with van der Waals surface area (Å²) < 4.78 is 0. The maximum Gasteiger partial charge on any atom is 0.237 e. The van der Waals surface area contributed by atoms with Gasteiger partial charge in [0.2, 0.25) is 17.7 Å². The molecule has 1 fully saturated rings. The summed E-state index contributed by atoms with van der Waals surface area (Å²) in [6, 6.07) is 0. The molecule has 0 aromatic carbocycles. The Morgan fingerprint density at radius 2 is 1.94 bits per heavy atom. The van der Waals surface area contributed by atoms with E-state index in [2.05, 4.69) is 5.32 Å². The fourth-order valence-corrected chi connectivity index (χ4v) is 2.15. The van der Waals surface area contributed by atoms with Crippen molar-refractivity contribution >= 4 is 17.7 Å². The second kappa shape index (κ2) is 5.95. The molecule has 1 atom stereocenters. The second-order valence-corrected chi connectivity index (χ2v) is 4.77. The lowest BCUT2D eigenvalue weighted by molar-refractivity contribution is -0.138. The Balaban J connectivity index is 2.46. The van der Waals surface area contributed by atoms with E-state index < -0.39 is 11.4 Å². The zero-order chi connectivity index (χ0) is 13.8. The Morgan fingerprint density at radius 1 is 1.39 bits per heavy atom. The van der Waals surface area contributed by atoms with Gasteiger partial charge in [-0.25, -0.2) is 0 Å². The molecule has 1 saturated heterocycles. The number of amides is 3. The summed E-state index contributed by atoms with van der Waals surface area (Å²) >= 11 is 0. The number of carbonyl (C=O) groups excluding carboxylic acids is 3. The summed E-state index contributed by atoms with van der Waals surface area (Å²) in [5, 5.41) is 3.04. The monoisotopic (exact) mass is 255 g/mol. The summed E-state index contributed by atoms with van der Waals surface area (Å²) in [5.74, 6) is -0.656. The second-order valence-electron chi connectivity index (χ2n) is 4.77. The SMILES string of the molecule is CCNC(C)(CCCN1C(=O)CCC1=O)C(N)=O. The van der Waals surface area contributed by atoms with E-state index in [0.717, 1.165) is 0 Å². The molecule has 1 unspecified atom stereocenters. The third-order valence-electron chi connectivity index (χ3n) is 3.32. The fraction of sp³-hybridized carbons (Fsp3) is 0.750. The van der Waals surface area contributed by atoms with Crippen LogP contribution in [0.1, 0.15) is 39.5 Å². The number of carbonyl (C=O) groups is 3. The van der Waals surface area contributed by atoms with Gasteiger partial charge in [0.15, 0.2) is 0 Å². The first kappa shape index (κ1) is 14.6. The molecule has 3 N–H and O–H groups in total. The van der Waals surface area contributed by atoms with Crippen molar-refractivity contribution in [1.82, 2.24) is 10.2 Å². The van der Waals surface area contributed by atoms with Gasteiger partial charge in [-0.05, 0) is 26.3 Å². The Morgan fingerprint density at radius 3 is 2.39 bits per heavy atom. The van der Waals surface area contributed by atoms with Gasteiger partial charge in [0.05, 0.1) is 5.54 Å². The molecule has 6 heteroatoms. The highest BCUT2D eigenvalue weighted by atomic mass is 16.2. The minimum Gasteiger partial charge on any atom is -0.368 e. The molecular weight excluding hydrogens is 234 g/mol. The summed E-state index contributed by atoms with van der Waals surface area (Å²) in [6.45, 7) is 4.65. The van der Waals surface area contributed by atoms with Gasteiger partial charge in [-0.2, -0.15) is 0 Å². The third-order valence-corrected chi connectivity index (χ3v) is 3.32. The molecule has 1 aliphatic heterocycles. The van der Waals surface area contributed by atoms with Gasteiger partial charge < -0.3 is 11.1 Å². The first-order chi connectivity index (χ1) is 8.40. The maximum absolute atomic E-state index is 11.4. The normalized spacial score (nSPS) is 19.1. The quantitative estimate of drug-likeness (QED) is 0.615. The highest BCUT2D eigenvalue weighted by Crippen LogP contribution is 2.16. The standard InChI is InChI=1S/C12H21N3O3/c1-3-14-12(2,11(13)18)7-4-8-15-9(16)5-6-10(15)17/h14H,3-8H2,1-2H3,(H2,13,18). The minimum atomic E-state index is -0.777. The zero-order valence-corrected chi connectivity index (χ0v) is 11.0. The van der Waals surface area contributed by atoms with Crippen LogP contribution in [0, 0.1) is 0 Å². The van der Waals surface area contributed by atoms with E-state index in [0.29, 0.717) is 38.8 Å². The largest absolute Gasteiger partial charge is 0.368 e. The molecule has 0 aromatic heterocycles. The van der Waals surface area contributed by atoms with E-state index in [4.69, 9.17) is 5.73 Å². The number of rotatable bonds is 7. The van der Waals surface area contributed by atoms with Crippen molar-refractivity contribution in [2.75, 3.05) is 13.1 Å². The van der Waals surface area contributed by atoms with Crippen LogP contribution >= 0.6 is 0 Å². The van der Waals surface area contributed by atoms with Crippen molar-refractivity contribution in [3.05, 3.63) is 0 Å². The van der Waals surface area contributed by atoms with E-state index in [1.165, 1.54) is 4.90 Å². The van der Waals surface area contributed by atoms with Crippen molar-refractivity contribution in [2.24, 2.45) is 5.73 Å². The molecule has 6 nitrogen and oxygen atoms in total. The summed E-state index contributed by atoms with van der Waals surface area (Å²) in [4.78, 5) is 35.4. The average Bonchev–Trinajstić information content (AvgIpc) is 2.60. The first-order valence-electron chi connectivity index (χ1n) is 6.29. The molecule has 0 spiro atoms. The number of likely N-dealkylation sites (N-methyl/N-ethyl adjacent to an activating group) is 1. The van der Waals surface area contributed by atoms with Crippen LogP contribution < -0.4 is 11.1 Å². The molecule has 0 radical (unpaired) electrons. The first-order valence-corrected chi connectivity index (χ1v) is 6.29. The van der Waals surface area contributed by atoms with Gasteiger partial charge in [-0.15, -0.1) is 0 Å². The van der Waals surface area contributed by atoms with E-state index >= 15 is 0 Å². The van der Waals surface area contributed by atoms with Gasteiger partial charge in [-0.1, -0.05) is 6.92 Å². The van der Waals surface area contributed by atoms with Crippen LogP contribution in [0.15, 0.2) is 0 Å². The number of imide groups is 1. The summed E-state index contributed by atoms with van der Waals surface area (Å²) in [6.07, 6.45) is 1.69. The number of hydrogen-bond acceptors (Lipinski definition) is 4. The van der Waals surface area contributed by atoms with Crippen molar-refractivity contribution in [1.29, 1.82) is 0 Å². The molecule has 18 heavy (non-hydrogen) atoms. The Bertz CT molecular complexity index is 340. The molecule has 0 aromatic rings. The molecule has 0 bridgehead atoms. The van der Waals surface area contributed by atoms with Crippen molar-refractivity contribution in [3.63, 3.8) is 0 Å². The van der Waals surface area contributed by atoms with Crippen LogP contribution in [0.2, 0.25) is 0 Å². The Hall–Kier alpha value is -1.43. The molecule has 3 amide bonds. The highest BCUT2D eigenvalue weighted by Gasteiger charge is 2.32. The lowest BCUT2D eigenvalue weighted by atomic mass is 9.94. The lowest BCUT2D eigenvalue weighted by Crippen LogP contribution is -2.53. The van der Waals surface area contributed by atoms with Gasteiger partial charge in [0, 0.05) is 19.4 Å². The van der Waals surface area contributed by atoms with Crippen LogP contribution in [0.3, 0.4) is 0 Å². The number of primary amides is 1. The minimum absolute atomic E-state index is 0.121. The molecule has 0 aliphatic carbocycles. The number of nitrogens with one attached hydrogen (secondary N) is 1. The molecule has 0 saturated carbocycles. The van der Waals surface area contributed by atoms with Crippen molar-refractivity contribution in [2.45, 2.75) is 45.1 Å². The number of likely N-dealkylation sites (tertiary alicyclic amines) is 1. The van der Waals surface area contributed by atoms with Crippen LogP contribution in [0.4, 0.5) is 0 Å². The van der Waals surface area contributed by atoms with Crippen LogP contribution in [-0.2, 0) is 14.4 Å². The predicted molar refractivity (Wildman–Crippen MR) is 66.5 cm³/mol. The number of nitrogens with zero attached hydrogens (tertiary/aromatic N) is 1. The van der Waals surface area contributed by atoms with Crippen LogP contribution in [0.25, 0.3) is 0 Å². The molecular formula is C12H21N3O3. The van der Waals surface area contributed by atoms with Crippen LogP contribution in [-0.4, -0.2) is 41.2 Å². The summed E-state index contributed by atoms with van der Waals surface area (Å²) in [7, 11) is 0. The number of nitrogens with two attached hydrogens (primary N) is 1. The average molecular weight is 255 g/mol. The van der Waals surface area contributed by atoms with E-state index in [1.807, 2.05) is 6.92 Å². The van der Waals surface area contributed by atoms with Gasteiger partial charge in [0.25, 0.3) is 0 Å². The Labute approximate surface area is 107 Å². The maximum atomic E-state index is 11.4. The third kappa shape index (κ3) is 3.29. The molecule has 1 rings (SSSR count). The fourth-order valence-electron chi connectivity index (χ4n) is 2.15. The van der Waals surface area contributed by atoms with Gasteiger partial charge in [-0.3, -0.25) is 19.3 Å². The number of hydrogen-bond donors (Lipinski definition) is 2. The van der Waals surface area contributed by atoms with E-state index in [-0.39, 0.29) is 11.8 Å². The molecule has 102 valence electrons. The van der Waals surface area contributed by atoms with E-state index in [1.54, 1.807) is 6.92 Å². The highest BCUT2D eigenvalue weighted by molar-refractivity contribution is 6.01. The van der Waals surface area contributed by atoms with Crippen LogP contribution in [0.5, 0.6) is 0 Å². The summed E-state index contributed by atoms with van der Waals surface area (Å²) in [5.41, 5.74) is 4.58. The van der Waals surface area contributed by atoms with Crippen molar-refractivity contribution in [3.8, 4) is 0 Å².